The Bertz CT molecular complexity index is 860. The highest BCUT2D eigenvalue weighted by Crippen LogP contribution is 2.20. The summed E-state index contributed by atoms with van der Waals surface area (Å²) < 4.78 is 13.9. The number of aromatic nitrogens is 1. The van der Waals surface area contributed by atoms with Crippen molar-refractivity contribution in [3.05, 3.63) is 60.0 Å². The number of guanidine groups is 1. The monoisotopic (exact) mass is 412 g/mol. The van der Waals surface area contributed by atoms with Gasteiger partial charge >= 0.3 is 0 Å². The molecule has 0 radical (unpaired) electrons. The van der Waals surface area contributed by atoms with Crippen molar-refractivity contribution in [2.24, 2.45) is 4.99 Å². The molecule has 0 bridgehead atoms. The summed E-state index contributed by atoms with van der Waals surface area (Å²) in [6, 6.07) is 13.1. The van der Waals surface area contributed by atoms with Crippen molar-refractivity contribution in [3.8, 4) is 0 Å². The van der Waals surface area contributed by atoms with E-state index in [1.807, 2.05) is 42.3 Å². The van der Waals surface area contributed by atoms with E-state index in [9.17, 15) is 9.18 Å². The molecule has 1 atom stereocenters. The molecule has 3 rings (SSSR count). The summed E-state index contributed by atoms with van der Waals surface area (Å²) in [7, 11) is 3.51. The lowest BCUT2D eigenvalue weighted by Gasteiger charge is -2.20. The van der Waals surface area contributed by atoms with Crippen molar-refractivity contribution in [1.29, 1.82) is 0 Å². The van der Waals surface area contributed by atoms with E-state index >= 15 is 0 Å². The Labute approximate surface area is 177 Å². The van der Waals surface area contributed by atoms with Gasteiger partial charge in [0.25, 0.3) is 0 Å². The highest BCUT2D eigenvalue weighted by molar-refractivity contribution is 5.81. The van der Waals surface area contributed by atoms with Crippen LogP contribution in [0.4, 0.5) is 10.2 Å². The average Bonchev–Trinajstić information content (AvgIpc) is 3.22. The predicted molar refractivity (Wildman–Crippen MR) is 117 cm³/mol. The number of amides is 1. The summed E-state index contributed by atoms with van der Waals surface area (Å²) in [4.78, 5) is 24.4. The molecule has 1 aromatic carbocycles. The van der Waals surface area contributed by atoms with Crippen LogP contribution in [0.5, 0.6) is 0 Å². The normalized spacial score (nSPS) is 16.4. The lowest BCUT2D eigenvalue weighted by atomic mass is 10.2. The number of carbonyl (C=O) groups is 1. The van der Waals surface area contributed by atoms with Crippen LogP contribution in [-0.4, -0.2) is 61.5 Å². The summed E-state index contributed by atoms with van der Waals surface area (Å²) >= 11 is 0. The van der Waals surface area contributed by atoms with Gasteiger partial charge in [0, 0.05) is 58.9 Å². The van der Waals surface area contributed by atoms with Crippen molar-refractivity contribution in [2.75, 3.05) is 38.6 Å². The molecule has 8 heteroatoms. The smallest absolute Gasteiger partial charge is 0.224 e. The fourth-order valence-corrected chi connectivity index (χ4v) is 3.49. The maximum atomic E-state index is 13.9. The maximum Gasteiger partial charge on any atom is 0.224 e. The number of nitrogens with one attached hydrogen (secondary N) is 2. The molecule has 1 aromatic heterocycles. The molecule has 0 saturated carbocycles. The molecule has 2 N–H and O–H groups in total. The zero-order chi connectivity index (χ0) is 21.3. The standard InChI is InChI=1S/C22H29FN6O/c1-24-22(26-13-10-20(30)28(2)15-17-7-4-3-5-8-17)27-18-11-14-29(16-18)21-19(23)9-6-12-25-21/h3-9,12,18H,10-11,13-16H2,1-2H3,(H2,24,26,27). The van der Waals surface area contributed by atoms with E-state index in [4.69, 9.17) is 0 Å². The predicted octanol–water partition coefficient (Wildman–Crippen LogP) is 2.01. The summed E-state index contributed by atoms with van der Waals surface area (Å²) in [6.45, 7) is 2.45. The first-order chi connectivity index (χ1) is 14.6. The summed E-state index contributed by atoms with van der Waals surface area (Å²) in [6.07, 6.45) is 2.83. The zero-order valence-corrected chi connectivity index (χ0v) is 17.5. The van der Waals surface area contributed by atoms with E-state index in [1.165, 1.54) is 6.07 Å². The number of benzene rings is 1. The van der Waals surface area contributed by atoms with Gasteiger partial charge in [-0.3, -0.25) is 9.79 Å². The van der Waals surface area contributed by atoms with E-state index in [-0.39, 0.29) is 17.8 Å². The third-order valence-corrected chi connectivity index (χ3v) is 5.11. The minimum absolute atomic E-state index is 0.0690. The third-order valence-electron chi connectivity index (χ3n) is 5.11. The molecule has 160 valence electrons. The van der Waals surface area contributed by atoms with E-state index in [1.54, 1.807) is 24.2 Å². The maximum absolute atomic E-state index is 13.9. The van der Waals surface area contributed by atoms with Crippen LogP contribution >= 0.6 is 0 Å². The van der Waals surface area contributed by atoms with Gasteiger partial charge in [-0.1, -0.05) is 30.3 Å². The molecule has 2 heterocycles. The Kier molecular flexibility index (Phi) is 7.59. The van der Waals surface area contributed by atoms with Gasteiger partial charge in [0.2, 0.25) is 5.91 Å². The minimum Gasteiger partial charge on any atom is -0.356 e. The lowest BCUT2D eigenvalue weighted by Crippen LogP contribution is -2.45. The molecule has 30 heavy (non-hydrogen) atoms. The fraction of sp³-hybridized carbons (Fsp3) is 0.409. The van der Waals surface area contributed by atoms with Crippen LogP contribution in [0.3, 0.4) is 0 Å². The molecule has 0 aliphatic carbocycles. The molecule has 1 aliphatic rings. The third kappa shape index (κ3) is 5.92. The number of hydrogen-bond donors (Lipinski definition) is 2. The van der Waals surface area contributed by atoms with E-state index < -0.39 is 0 Å². The minimum atomic E-state index is -0.307. The Morgan fingerprint density at radius 3 is 2.83 bits per heavy atom. The molecular weight excluding hydrogens is 383 g/mol. The molecule has 1 unspecified atom stereocenters. The number of aliphatic imine (C=N–C) groups is 1. The van der Waals surface area contributed by atoms with Crippen molar-refractivity contribution in [2.45, 2.75) is 25.4 Å². The molecular formula is C22H29FN6O. The van der Waals surface area contributed by atoms with Gasteiger partial charge in [-0.25, -0.2) is 9.37 Å². The van der Waals surface area contributed by atoms with Crippen LogP contribution in [0.1, 0.15) is 18.4 Å². The number of rotatable bonds is 7. The SMILES string of the molecule is CN=C(NCCC(=O)N(C)Cc1ccccc1)NC1CCN(c2ncccc2F)C1. The summed E-state index contributed by atoms with van der Waals surface area (Å²) in [5, 5.41) is 6.54. The first kappa shape index (κ1) is 21.5. The van der Waals surface area contributed by atoms with E-state index in [0.717, 1.165) is 18.5 Å². The van der Waals surface area contributed by atoms with Crippen molar-refractivity contribution >= 4 is 17.7 Å². The second-order valence-electron chi connectivity index (χ2n) is 7.37. The first-order valence-corrected chi connectivity index (χ1v) is 10.2. The molecule has 7 nitrogen and oxygen atoms in total. The van der Waals surface area contributed by atoms with Crippen LogP contribution in [0.15, 0.2) is 53.7 Å². The quantitative estimate of drug-likeness (QED) is 0.538. The molecule has 1 aliphatic heterocycles. The van der Waals surface area contributed by atoms with Crippen molar-refractivity contribution < 1.29 is 9.18 Å². The lowest BCUT2D eigenvalue weighted by molar-refractivity contribution is -0.130. The van der Waals surface area contributed by atoms with Gasteiger partial charge in [0.1, 0.15) is 0 Å². The number of nitrogens with zero attached hydrogens (tertiary/aromatic N) is 4. The summed E-state index contributed by atoms with van der Waals surface area (Å²) in [5.74, 6) is 0.789. The Hall–Kier alpha value is -3.16. The van der Waals surface area contributed by atoms with E-state index in [0.29, 0.717) is 37.8 Å². The highest BCUT2D eigenvalue weighted by Gasteiger charge is 2.26. The van der Waals surface area contributed by atoms with Crippen molar-refractivity contribution in [3.63, 3.8) is 0 Å². The molecule has 2 aromatic rings. The Morgan fingerprint density at radius 1 is 1.30 bits per heavy atom. The second kappa shape index (κ2) is 10.6. The number of pyridine rings is 1. The highest BCUT2D eigenvalue weighted by atomic mass is 19.1. The Morgan fingerprint density at radius 2 is 2.10 bits per heavy atom. The number of halogens is 1. The van der Waals surface area contributed by atoms with Gasteiger partial charge in [0.05, 0.1) is 0 Å². The van der Waals surface area contributed by atoms with Gasteiger partial charge in [-0.15, -0.1) is 0 Å². The van der Waals surface area contributed by atoms with Crippen LogP contribution in [0.25, 0.3) is 0 Å². The largest absolute Gasteiger partial charge is 0.356 e. The molecule has 1 amide bonds. The molecule has 1 saturated heterocycles. The average molecular weight is 413 g/mol. The van der Waals surface area contributed by atoms with E-state index in [2.05, 4.69) is 20.6 Å². The van der Waals surface area contributed by atoms with Crippen molar-refractivity contribution in [1.82, 2.24) is 20.5 Å². The second-order valence-corrected chi connectivity index (χ2v) is 7.37. The van der Waals surface area contributed by atoms with Gasteiger partial charge in [-0.2, -0.15) is 0 Å². The number of hydrogen-bond acceptors (Lipinski definition) is 4. The number of anilines is 1. The molecule has 0 spiro atoms. The van der Waals surface area contributed by atoms with Gasteiger partial charge in [-0.05, 0) is 24.1 Å². The van der Waals surface area contributed by atoms with Crippen LogP contribution in [0, 0.1) is 5.82 Å². The van der Waals surface area contributed by atoms with Crippen LogP contribution < -0.4 is 15.5 Å². The van der Waals surface area contributed by atoms with Gasteiger partial charge in [0.15, 0.2) is 17.6 Å². The van der Waals surface area contributed by atoms with Crippen LogP contribution in [-0.2, 0) is 11.3 Å². The Balaban J connectivity index is 1.41. The van der Waals surface area contributed by atoms with Crippen LogP contribution in [0.2, 0.25) is 0 Å². The number of carbonyl (C=O) groups excluding carboxylic acids is 1. The van der Waals surface area contributed by atoms with Gasteiger partial charge < -0.3 is 20.4 Å². The fourth-order valence-electron chi connectivity index (χ4n) is 3.49. The topological polar surface area (TPSA) is 72.9 Å². The molecule has 1 fully saturated rings. The first-order valence-electron chi connectivity index (χ1n) is 10.2. The summed E-state index contributed by atoms with van der Waals surface area (Å²) in [5.41, 5.74) is 1.11. The zero-order valence-electron chi connectivity index (χ0n) is 17.5.